The molecule has 0 bridgehead atoms. The lowest BCUT2D eigenvalue weighted by molar-refractivity contribution is -0.148. The molecule has 4 aromatic rings. The Hall–Kier alpha value is -8.41. The van der Waals surface area contributed by atoms with Gasteiger partial charge < -0.3 is 86.4 Å². The predicted molar refractivity (Wildman–Crippen MR) is 444 cm³/mol. The number of carboxylic acid groups (broad SMARTS) is 3. The molecular weight excluding hydrogens is 1590 g/mol. The van der Waals surface area contributed by atoms with Crippen molar-refractivity contribution < 1.29 is 96.3 Å². The molecule has 5 aliphatic rings. The Balaban J connectivity index is 0.773. The number of unbranched alkanes of at least 4 members (excludes halogenated alkanes) is 3. The standard InChI is InChI=1S/C80H110N13O20P3S/c1-6-19-49-38-51-39-52-40-58(82-7-2)48(4)37-56(52)72(55(51)36-47(49)3)53-21-10-11-22-54(53)78(105)90(5)31-18-27-67(97)91-32-17-25-62(91)79(106)92-33-16-24-61(92)77(104)88-57(75(102)84-29-13-8-9-26-66(96)87-59(41-69(98)99)76(103)89-60(80(107)108)42-70(100)101)23-12-14-34-117-35-28-65(95)83-30-15-20-50-44-93(74-71(50)73(81)85-46-86-74)68-43-63(94)64(111-68)45-110-115-113-116-112-114-109/h10-11,21-22,36-38,40,44,46,56-57,59-64,68,72,79,94,106,109,114-116H,6-9,12-14,16-19,23-35,39,41-43,45H2,1-5H3,(H,83,95)(H,84,102)(H,87,96)(H,88,104)(H,89,103)(H,98,99)(H,100,101)(H,107,108)(H2,81,85,86)/t56?,57?,59?,60?,61?,62?,63?,64-,68-,72?,79?/m1/s1. The number of allylic oxidation sites excluding steroid dienone is 4. The molecule has 0 spiro atoms. The summed E-state index contributed by atoms with van der Waals surface area (Å²) >= 11 is 1.53. The van der Waals surface area contributed by atoms with Crippen LogP contribution in [-0.4, -0.2) is 238 Å². The first-order chi connectivity index (χ1) is 56.3. The molecule has 636 valence electrons. The molecule has 0 radical (unpaired) electrons. The third kappa shape index (κ3) is 26.0. The summed E-state index contributed by atoms with van der Waals surface area (Å²) in [6.45, 7) is 10.4. The number of anilines is 1. The Bertz CT molecular complexity index is 4350. The fourth-order valence-electron chi connectivity index (χ4n) is 15.8. The molecule has 5 heterocycles. The van der Waals surface area contributed by atoms with Crippen molar-refractivity contribution in [1.82, 2.24) is 55.8 Å². The molecule has 14 atom stereocenters. The maximum absolute atomic E-state index is 14.8. The average molecular weight is 1700 g/mol. The van der Waals surface area contributed by atoms with E-state index in [9.17, 15) is 68.4 Å². The van der Waals surface area contributed by atoms with Crippen LogP contribution in [0.3, 0.4) is 0 Å². The van der Waals surface area contributed by atoms with Crippen LogP contribution in [-0.2, 0) is 73.9 Å². The number of nitrogens with one attached hydrogen (secondary N) is 5. The van der Waals surface area contributed by atoms with Crippen LogP contribution < -0.4 is 32.3 Å². The average Bonchev–Trinajstić information content (AvgIpc) is 1.53. The molecule has 33 nitrogen and oxygen atoms in total. The summed E-state index contributed by atoms with van der Waals surface area (Å²) in [5.41, 5.74) is 17.2. The van der Waals surface area contributed by atoms with Gasteiger partial charge in [0.15, 0.2) is 27.1 Å². The lowest BCUT2D eigenvalue weighted by atomic mass is 9.65. The number of aliphatic hydroxyl groups is 2. The monoisotopic (exact) mass is 1700 g/mol. The molecule has 0 saturated carbocycles. The molecule has 3 saturated heterocycles. The summed E-state index contributed by atoms with van der Waals surface area (Å²) in [5, 5.41) is 64.3. The number of benzene rings is 2. The van der Waals surface area contributed by atoms with E-state index in [0.717, 1.165) is 36.1 Å². The summed E-state index contributed by atoms with van der Waals surface area (Å²) in [5.74, 6) is -0.913. The number of carboxylic acids is 3. The lowest BCUT2D eigenvalue weighted by Crippen LogP contribution is -2.57. The number of aliphatic imine (C=N–C) groups is 1. The van der Waals surface area contributed by atoms with Crippen LogP contribution in [0.25, 0.3) is 11.0 Å². The van der Waals surface area contributed by atoms with E-state index in [-0.39, 0.29) is 93.6 Å². The van der Waals surface area contributed by atoms with Crippen molar-refractivity contribution in [2.75, 3.05) is 70.2 Å². The van der Waals surface area contributed by atoms with E-state index in [1.165, 1.54) is 45.9 Å². The van der Waals surface area contributed by atoms with Crippen molar-refractivity contribution in [1.29, 1.82) is 0 Å². The molecule has 12 unspecified atom stereocenters. The van der Waals surface area contributed by atoms with E-state index in [1.807, 2.05) is 30.4 Å². The Morgan fingerprint density at radius 1 is 0.838 bits per heavy atom. The van der Waals surface area contributed by atoms with Gasteiger partial charge in [0.25, 0.3) is 5.91 Å². The number of aliphatic hydroxyl groups excluding tert-OH is 2. The Labute approximate surface area is 690 Å². The van der Waals surface area contributed by atoms with E-state index in [2.05, 4.69) is 94.2 Å². The van der Waals surface area contributed by atoms with Crippen molar-refractivity contribution in [3.05, 3.63) is 111 Å². The third-order valence-electron chi connectivity index (χ3n) is 21.5. The second-order valence-electron chi connectivity index (χ2n) is 29.8. The van der Waals surface area contributed by atoms with Gasteiger partial charge in [-0.15, -0.1) is 0 Å². The Morgan fingerprint density at radius 3 is 2.38 bits per heavy atom. The number of amides is 7. The number of nitrogen functional groups attached to an aromatic ring is 1. The number of aryl methyl sites for hydroxylation is 2. The molecule has 37 heteroatoms. The molecule has 2 aliphatic carbocycles. The normalized spacial score (nSPS) is 20.7. The van der Waals surface area contributed by atoms with Crippen LogP contribution in [0.4, 0.5) is 5.82 Å². The molecule has 2 aromatic heterocycles. The highest BCUT2D eigenvalue weighted by Crippen LogP contribution is 2.48. The maximum atomic E-state index is 14.8. The summed E-state index contributed by atoms with van der Waals surface area (Å²) in [7, 11) is 0.278. The van der Waals surface area contributed by atoms with Crippen molar-refractivity contribution in [3.63, 3.8) is 0 Å². The van der Waals surface area contributed by atoms with E-state index in [1.54, 1.807) is 32.5 Å². The lowest BCUT2D eigenvalue weighted by Gasteiger charge is -2.38. The minimum absolute atomic E-state index is 0.0155. The van der Waals surface area contributed by atoms with Gasteiger partial charge in [-0.1, -0.05) is 80.0 Å². The van der Waals surface area contributed by atoms with Gasteiger partial charge >= 0.3 is 17.9 Å². The fraction of sp³-hybridized carbons (Fsp3) is 0.562. The number of ether oxygens (including phenoxy) is 1. The Kier molecular flexibility index (Phi) is 36.5. The molecular formula is C80H110N13O20P3S. The zero-order chi connectivity index (χ0) is 84.2. The number of hydrogen-bond donors (Lipinski definition) is 12. The number of carbonyl (C=O) groups is 10. The first kappa shape index (κ1) is 92.5. The summed E-state index contributed by atoms with van der Waals surface area (Å²) in [6, 6.07) is 6.50. The van der Waals surface area contributed by atoms with Crippen LogP contribution in [0.2, 0.25) is 0 Å². The van der Waals surface area contributed by atoms with Crippen LogP contribution in [0, 0.1) is 24.7 Å². The van der Waals surface area contributed by atoms with Gasteiger partial charge in [-0.05, 0) is 143 Å². The number of rotatable bonds is 45. The zero-order valence-electron chi connectivity index (χ0n) is 66.6. The van der Waals surface area contributed by atoms with Crippen molar-refractivity contribution >= 4 is 121 Å². The second kappa shape index (κ2) is 46.2. The number of thioether (sulfide) groups is 1. The first-order valence-electron chi connectivity index (χ1n) is 39.9. The van der Waals surface area contributed by atoms with Crippen LogP contribution in [0.1, 0.15) is 192 Å². The highest BCUT2D eigenvalue weighted by Gasteiger charge is 2.45. The van der Waals surface area contributed by atoms with Gasteiger partial charge in [0, 0.05) is 94.8 Å². The number of aromatic nitrogens is 3. The predicted octanol–water partition coefficient (Wildman–Crippen LogP) is 6.39. The number of hydrogen-bond acceptors (Lipinski definition) is 23. The highest BCUT2D eigenvalue weighted by atomic mass is 32.2. The van der Waals surface area contributed by atoms with Crippen molar-refractivity contribution in [2.24, 2.45) is 10.9 Å². The molecule has 9 rings (SSSR count). The number of fused-ring (bicyclic) bond motifs is 3. The summed E-state index contributed by atoms with van der Waals surface area (Å²) in [4.78, 5) is 158. The maximum Gasteiger partial charge on any atom is 0.326 e. The molecule has 3 aliphatic heterocycles. The van der Waals surface area contributed by atoms with Gasteiger partial charge in [0.2, 0.25) is 35.4 Å². The van der Waals surface area contributed by atoms with E-state index in [4.69, 9.17) is 38.6 Å². The van der Waals surface area contributed by atoms with Crippen LogP contribution >= 0.6 is 38.9 Å². The fourth-order valence-corrected chi connectivity index (χ4v) is 18.0. The highest BCUT2D eigenvalue weighted by molar-refractivity contribution is 7.99. The molecule has 3 fully saturated rings. The van der Waals surface area contributed by atoms with E-state index in [0.29, 0.717) is 118 Å². The van der Waals surface area contributed by atoms with E-state index >= 15 is 0 Å². The molecule has 117 heavy (non-hydrogen) atoms. The van der Waals surface area contributed by atoms with Crippen molar-refractivity contribution in [3.8, 4) is 11.8 Å². The Morgan fingerprint density at radius 2 is 1.62 bits per heavy atom. The first-order valence-corrected chi connectivity index (χ1v) is 43.5. The number of carbonyl (C=O) groups excluding carboxylic acids is 7. The smallest absolute Gasteiger partial charge is 0.326 e. The third-order valence-corrected chi connectivity index (χ3v) is 24.3. The number of nitrogens with zero attached hydrogens (tertiary/aromatic N) is 7. The minimum atomic E-state index is -1.88. The minimum Gasteiger partial charge on any atom is -0.481 e. The summed E-state index contributed by atoms with van der Waals surface area (Å²) < 4.78 is 23.3. The van der Waals surface area contributed by atoms with Crippen LogP contribution in [0.15, 0.2) is 77.2 Å². The van der Waals surface area contributed by atoms with E-state index < -0.39 is 136 Å². The second-order valence-corrected chi connectivity index (χ2v) is 33.4. The van der Waals surface area contributed by atoms with Gasteiger partial charge in [0.1, 0.15) is 54.5 Å². The number of likely N-dealkylation sites (tertiary alicyclic amines) is 2. The SMILES string of the molecule is CCCc1cc2c(cc1C)C(c1ccccc1C(=O)N(C)CCCC(=O)N1CCCC1C(O)N1CCCC1C(=O)NC(CCCCSCCC(=O)NCC#Cc1cn([C@H]3CC(O)[C@@H](COPOPOPO)O3)c3ncnc(N)c13)C(=O)NCCCCCC(=O)NC(CC(=O)O)C(=O)NC(CC(=O)O)C(=O)O)C1C=C(C)C(=NCC)C=C1C2. The molecule has 7 amide bonds. The van der Waals surface area contributed by atoms with Gasteiger partial charge in [-0.25, -0.2) is 14.8 Å². The van der Waals surface area contributed by atoms with Gasteiger partial charge in [0.05, 0.1) is 60.8 Å². The molecule has 2 aromatic carbocycles. The van der Waals surface area contributed by atoms with Gasteiger partial charge in [-0.2, -0.15) is 11.8 Å². The number of nitrogens with two attached hydrogens (primary N) is 1. The topological polar surface area (TPSA) is 468 Å². The van der Waals surface area contributed by atoms with Crippen molar-refractivity contribution in [2.45, 2.75) is 217 Å². The quantitative estimate of drug-likeness (QED) is 0.0129. The number of aliphatic carboxylic acids is 3. The largest absolute Gasteiger partial charge is 0.481 e. The van der Waals surface area contributed by atoms with Crippen LogP contribution in [0.5, 0.6) is 0 Å². The molecule has 13 N–H and O–H groups in total. The van der Waals surface area contributed by atoms with Gasteiger partial charge in [-0.3, -0.25) is 61.7 Å². The summed E-state index contributed by atoms with van der Waals surface area (Å²) in [6.07, 6.45) is 10.1. The zero-order valence-corrected chi connectivity index (χ0v) is 70.5.